The topological polar surface area (TPSA) is 43.8 Å². The lowest BCUT2D eigenvalue weighted by Crippen LogP contribution is -1.97. The Morgan fingerprint density at radius 1 is 1.20 bits per heavy atom. The first-order valence-electron chi connectivity index (χ1n) is 6.21. The molecule has 3 nitrogen and oxygen atoms in total. The van der Waals surface area contributed by atoms with E-state index in [2.05, 4.69) is 4.98 Å². The van der Waals surface area contributed by atoms with Crippen LogP contribution in [-0.4, -0.2) is 9.55 Å². The van der Waals surface area contributed by atoms with Gasteiger partial charge in [-0.15, -0.1) is 0 Å². The van der Waals surface area contributed by atoms with E-state index in [1.807, 2.05) is 18.2 Å². The summed E-state index contributed by atoms with van der Waals surface area (Å²) in [5.41, 5.74) is 8.47. The third kappa shape index (κ3) is 1.87. The van der Waals surface area contributed by atoms with Gasteiger partial charge in [0.2, 0.25) is 0 Å². The van der Waals surface area contributed by atoms with E-state index in [1.165, 1.54) is 12.1 Å². The standard InChI is InChI=1S/C15H13F2N3/c1-20-13-4-2-3-9(8-18)14(13)19-15(20)11-6-5-10(16)7-12(11)17/h2-7H,8,18H2,1H3. The molecule has 0 fully saturated rings. The number of fused-ring (bicyclic) bond motifs is 1. The molecule has 0 saturated heterocycles. The highest BCUT2D eigenvalue weighted by atomic mass is 19.1. The molecule has 0 amide bonds. The molecule has 2 aromatic carbocycles. The van der Waals surface area contributed by atoms with Gasteiger partial charge in [0.15, 0.2) is 0 Å². The summed E-state index contributed by atoms with van der Waals surface area (Å²) in [6, 6.07) is 9.15. The molecule has 0 unspecified atom stereocenters. The van der Waals surface area contributed by atoms with Crippen LogP contribution >= 0.6 is 0 Å². The lowest BCUT2D eigenvalue weighted by Gasteiger charge is -2.04. The van der Waals surface area contributed by atoms with E-state index in [0.717, 1.165) is 22.7 Å². The van der Waals surface area contributed by atoms with Crippen molar-refractivity contribution in [2.75, 3.05) is 0 Å². The number of hydrogen-bond acceptors (Lipinski definition) is 2. The number of aromatic nitrogens is 2. The maximum atomic E-state index is 13.9. The van der Waals surface area contributed by atoms with Crippen molar-refractivity contribution in [2.24, 2.45) is 12.8 Å². The van der Waals surface area contributed by atoms with Crippen LogP contribution in [0.4, 0.5) is 8.78 Å². The number of para-hydroxylation sites is 1. The van der Waals surface area contributed by atoms with Crippen molar-refractivity contribution in [1.82, 2.24) is 9.55 Å². The number of benzene rings is 2. The molecule has 0 aliphatic rings. The van der Waals surface area contributed by atoms with Crippen LogP contribution < -0.4 is 5.73 Å². The van der Waals surface area contributed by atoms with Crippen LogP contribution in [0.5, 0.6) is 0 Å². The molecule has 20 heavy (non-hydrogen) atoms. The van der Waals surface area contributed by atoms with Crippen LogP contribution in [0.15, 0.2) is 36.4 Å². The Labute approximate surface area is 114 Å². The maximum Gasteiger partial charge on any atom is 0.143 e. The Morgan fingerprint density at radius 3 is 2.70 bits per heavy atom. The second-order valence-electron chi connectivity index (χ2n) is 4.61. The zero-order chi connectivity index (χ0) is 14.3. The minimum atomic E-state index is -0.627. The zero-order valence-corrected chi connectivity index (χ0v) is 10.9. The third-order valence-corrected chi connectivity index (χ3v) is 3.39. The number of imidazole rings is 1. The first kappa shape index (κ1) is 12.7. The maximum absolute atomic E-state index is 13.9. The lowest BCUT2D eigenvalue weighted by atomic mass is 10.2. The number of rotatable bonds is 2. The van der Waals surface area contributed by atoms with Gasteiger partial charge in [0.05, 0.1) is 16.6 Å². The van der Waals surface area contributed by atoms with E-state index in [0.29, 0.717) is 12.4 Å². The van der Waals surface area contributed by atoms with Crippen LogP contribution in [0, 0.1) is 11.6 Å². The monoisotopic (exact) mass is 273 g/mol. The Hall–Kier alpha value is -2.27. The van der Waals surface area contributed by atoms with Crippen molar-refractivity contribution in [3.8, 4) is 11.4 Å². The first-order chi connectivity index (χ1) is 9.61. The predicted octanol–water partition coefficient (Wildman–Crippen LogP) is 2.98. The fraction of sp³-hybridized carbons (Fsp3) is 0.133. The van der Waals surface area contributed by atoms with Crippen molar-refractivity contribution in [1.29, 1.82) is 0 Å². The third-order valence-electron chi connectivity index (χ3n) is 3.39. The molecular formula is C15H13F2N3. The van der Waals surface area contributed by atoms with E-state index in [1.54, 1.807) is 11.6 Å². The van der Waals surface area contributed by atoms with Crippen LogP contribution in [0.2, 0.25) is 0 Å². The van der Waals surface area contributed by atoms with E-state index in [9.17, 15) is 8.78 Å². The summed E-state index contributed by atoms with van der Waals surface area (Å²) in [4.78, 5) is 4.46. The fourth-order valence-corrected chi connectivity index (χ4v) is 2.35. The molecule has 1 heterocycles. The summed E-state index contributed by atoms with van der Waals surface area (Å²) in [7, 11) is 1.80. The van der Waals surface area contributed by atoms with Crippen LogP contribution in [-0.2, 0) is 13.6 Å². The number of halogens is 2. The van der Waals surface area contributed by atoms with E-state index < -0.39 is 11.6 Å². The van der Waals surface area contributed by atoms with E-state index >= 15 is 0 Å². The van der Waals surface area contributed by atoms with Crippen molar-refractivity contribution in [3.63, 3.8) is 0 Å². The molecular weight excluding hydrogens is 260 g/mol. The molecule has 5 heteroatoms. The predicted molar refractivity (Wildman–Crippen MR) is 74.0 cm³/mol. The molecule has 2 N–H and O–H groups in total. The Morgan fingerprint density at radius 2 is 2.00 bits per heavy atom. The molecule has 0 spiro atoms. The molecule has 102 valence electrons. The minimum absolute atomic E-state index is 0.271. The van der Waals surface area contributed by atoms with Gasteiger partial charge in [-0.2, -0.15) is 0 Å². The fourth-order valence-electron chi connectivity index (χ4n) is 2.35. The van der Waals surface area contributed by atoms with Crippen molar-refractivity contribution >= 4 is 11.0 Å². The van der Waals surface area contributed by atoms with Crippen molar-refractivity contribution < 1.29 is 8.78 Å². The smallest absolute Gasteiger partial charge is 0.143 e. The number of nitrogens with two attached hydrogens (primary N) is 1. The summed E-state index contributed by atoms with van der Waals surface area (Å²) in [6.07, 6.45) is 0. The van der Waals surface area contributed by atoms with Crippen molar-refractivity contribution in [3.05, 3.63) is 53.6 Å². The summed E-state index contributed by atoms with van der Waals surface area (Å²) in [5, 5.41) is 0. The van der Waals surface area contributed by atoms with Crippen molar-refractivity contribution in [2.45, 2.75) is 6.54 Å². The second kappa shape index (κ2) is 4.68. The van der Waals surface area contributed by atoms with Gasteiger partial charge in [0.25, 0.3) is 0 Å². The lowest BCUT2D eigenvalue weighted by molar-refractivity contribution is 0.584. The van der Waals surface area contributed by atoms with Crippen LogP contribution in [0.3, 0.4) is 0 Å². The van der Waals surface area contributed by atoms with Gasteiger partial charge in [-0.25, -0.2) is 13.8 Å². The van der Waals surface area contributed by atoms with E-state index in [-0.39, 0.29) is 5.56 Å². The molecule has 0 atom stereocenters. The quantitative estimate of drug-likeness (QED) is 0.780. The summed E-state index contributed by atoms with van der Waals surface area (Å²) in [5.74, 6) is -0.774. The second-order valence-corrected chi connectivity index (χ2v) is 4.61. The Kier molecular flexibility index (Phi) is 2.99. The highest BCUT2D eigenvalue weighted by molar-refractivity contribution is 5.83. The molecule has 0 aliphatic carbocycles. The number of nitrogens with zero attached hydrogens (tertiary/aromatic N) is 2. The summed E-state index contributed by atoms with van der Waals surface area (Å²) < 4.78 is 28.7. The van der Waals surface area contributed by atoms with Gasteiger partial charge in [-0.3, -0.25) is 0 Å². The highest BCUT2D eigenvalue weighted by Crippen LogP contribution is 2.27. The minimum Gasteiger partial charge on any atom is -0.327 e. The average Bonchev–Trinajstić information content (AvgIpc) is 2.76. The zero-order valence-electron chi connectivity index (χ0n) is 10.9. The first-order valence-corrected chi connectivity index (χ1v) is 6.21. The summed E-state index contributed by atoms with van der Waals surface area (Å²) in [6.45, 7) is 0.361. The highest BCUT2D eigenvalue weighted by Gasteiger charge is 2.15. The van der Waals surface area contributed by atoms with Crippen LogP contribution in [0.25, 0.3) is 22.4 Å². The van der Waals surface area contributed by atoms with Gasteiger partial charge in [0, 0.05) is 19.7 Å². The number of hydrogen-bond donors (Lipinski definition) is 1. The molecule has 1 aromatic heterocycles. The molecule has 0 bridgehead atoms. The molecule has 0 saturated carbocycles. The average molecular weight is 273 g/mol. The van der Waals surface area contributed by atoms with Gasteiger partial charge < -0.3 is 10.3 Å². The Bertz CT molecular complexity index is 793. The van der Waals surface area contributed by atoms with Gasteiger partial charge in [0.1, 0.15) is 17.5 Å². The molecule has 3 rings (SSSR count). The van der Waals surface area contributed by atoms with E-state index in [4.69, 9.17) is 5.73 Å². The molecule has 3 aromatic rings. The summed E-state index contributed by atoms with van der Waals surface area (Å²) >= 11 is 0. The van der Waals surface area contributed by atoms with Crippen LogP contribution in [0.1, 0.15) is 5.56 Å². The van der Waals surface area contributed by atoms with Gasteiger partial charge in [-0.05, 0) is 23.8 Å². The largest absolute Gasteiger partial charge is 0.327 e. The van der Waals surface area contributed by atoms with Gasteiger partial charge in [-0.1, -0.05) is 12.1 Å². The van der Waals surface area contributed by atoms with Gasteiger partial charge >= 0.3 is 0 Å². The Balaban J connectivity index is 2.29. The molecule has 0 radical (unpaired) electrons. The number of aryl methyl sites for hydroxylation is 1. The molecule has 0 aliphatic heterocycles. The SMILES string of the molecule is Cn1c(-c2ccc(F)cc2F)nc2c(CN)cccc21. The normalized spacial score (nSPS) is 11.2.